The molecule has 1 aromatic carbocycles. The van der Waals surface area contributed by atoms with Gasteiger partial charge in [0.1, 0.15) is 6.20 Å². The lowest BCUT2D eigenvalue weighted by atomic mass is 9.95. The van der Waals surface area contributed by atoms with Crippen LogP contribution >= 0.6 is 0 Å². The largest absolute Gasteiger partial charge is 0.390 e. The Kier molecular flexibility index (Phi) is 3.00. The second-order valence-electron chi connectivity index (χ2n) is 4.89. The molecule has 0 radical (unpaired) electrons. The first kappa shape index (κ1) is 12.4. The first-order valence-corrected chi connectivity index (χ1v) is 5.62. The van der Waals surface area contributed by atoms with Crippen LogP contribution in [0.2, 0.25) is 0 Å². The van der Waals surface area contributed by atoms with Crippen molar-refractivity contribution in [3.63, 3.8) is 0 Å². The van der Waals surface area contributed by atoms with Gasteiger partial charge in [0.15, 0.2) is 0 Å². The third kappa shape index (κ3) is 2.46. The standard InChI is InChI=1S/C13H14N2O3/c1-13(2,16)7-10-9-5-3-4-6-11(9)14-8-12(10)15(17)18/h3-6,8,16H,7H2,1-2H3. The molecular formula is C13H14N2O3. The molecule has 5 nitrogen and oxygen atoms in total. The minimum Gasteiger partial charge on any atom is -0.390 e. The highest BCUT2D eigenvalue weighted by Crippen LogP contribution is 2.29. The lowest BCUT2D eigenvalue weighted by molar-refractivity contribution is -0.385. The summed E-state index contributed by atoms with van der Waals surface area (Å²) in [5.41, 5.74) is 0.172. The highest BCUT2D eigenvalue weighted by atomic mass is 16.6. The molecule has 2 aromatic rings. The van der Waals surface area contributed by atoms with E-state index in [-0.39, 0.29) is 12.1 Å². The van der Waals surface area contributed by atoms with Gasteiger partial charge in [-0.2, -0.15) is 0 Å². The number of nitrogens with zero attached hydrogens (tertiary/aromatic N) is 2. The van der Waals surface area contributed by atoms with Crippen molar-refractivity contribution in [2.24, 2.45) is 0 Å². The smallest absolute Gasteiger partial charge is 0.291 e. The van der Waals surface area contributed by atoms with Crippen LogP contribution in [0.25, 0.3) is 10.9 Å². The van der Waals surface area contributed by atoms with E-state index in [0.29, 0.717) is 16.5 Å². The van der Waals surface area contributed by atoms with Crippen LogP contribution in [0.1, 0.15) is 19.4 Å². The summed E-state index contributed by atoms with van der Waals surface area (Å²) >= 11 is 0. The number of hydrogen-bond acceptors (Lipinski definition) is 4. The Morgan fingerprint density at radius 1 is 1.39 bits per heavy atom. The van der Waals surface area contributed by atoms with Crippen molar-refractivity contribution in [3.8, 4) is 0 Å². The molecule has 1 N–H and O–H groups in total. The lowest BCUT2D eigenvalue weighted by Gasteiger charge is -2.18. The van der Waals surface area contributed by atoms with Gasteiger partial charge in [0.2, 0.25) is 0 Å². The number of benzene rings is 1. The molecule has 0 aliphatic rings. The van der Waals surface area contributed by atoms with Crippen LogP contribution in [0.3, 0.4) is 0 Å². The van der Waals surface area contributed by atoms with E-state index >= 15 is 0 Å². The Hall–Kier alpha value is -2.01. The van der Waals surface area contributed by atoms with Crippen LogP contribution in [-0.2, 0) is 6.42 Å². The summed E-state index contributed by atoms with van der Waals surface area (Å²) in [6.45, 7) is 3.26. The second kappa shape index (κ2) is 4.34. The van der Waals surface area contributed by atoms with E-state index in [1.807, 2.05) is 12.1 Å². The molecule has 0 aliphatic carbocycles. The molecule has 0 atom stereocenters. The molecule has 0 saturated heterocycles. The Balaban J connectivity index is 2.70. The fourth-order valence-electron chi connectivity index (χ4n) is 1.96. The van der Waals surface area contributed by atoms with Crippen LogP contribution in [0.4, 0.5) is 5.69 Å². The maximum Gasteiger partial charge on any atom is 0.291 e. The molecule has 18 heavy (non-hydrogen) atoms. The lowest BCUT2D eigenvalue weighted by Crippen LogP contribution is -2.22. The second-order valence-corrected chi connectivity index (χ2v) is 4.89. The Morgan fingerprint density at radius 2 is 2.06 bits per heavy atom. The molecule has 0 amide bonds. The normalized spacial score (nSPS) is 11.7. The number of hydrogen-bond donors (Lipinski definition) is 1. The summed E-state index contributed by atoms with van der Waals surface area (Å²) in [4.78, 5) is 14.6. The van der Waals surface area contributed by atoms with E-state index < -0.39 is 10.5 Å². The van der Waals surface area contributed by atoms with Crippen LogP contribution in [0, 0.1) is 10.1 Å². The number of pyridine rings is 1. The van der Waals surface area contributed by atoms with Crippen molar-refractivity contribution in [2.75, 3.05) is 0 Å². The molecule has 0 unspecified atom stereocenters. The van der Waals surface area contributed by atoms with Crippen LogP contribution in [-0.4, -0.2) is 20.6 Å². The monoisotopic (exact) mass is 246 g/mol. The molecule has 0 aliphatic heterocycles. The van der Waals surface area contributed by atoms with Crippen molar-refractivity contribution < 1.29 is 10.0 Å². The number of rotatable bonds is 3. The summed E-state index contributed by atoms with van der Waals surface area (Å²) in [6.07, 6.45) is 1.47. The van der Waals surface area contributed by atoms with Crippen LogP contribution < -0.4 is 0 Å². The molecule has 0 fully saturated rings. The molecule has 1 heterocycles. The number of nitro groups is 1. The number of para-hydroxylation sites is 1. The van der Waals surface area contributed by atoms with Gasteiger partial charge < -0.3 is 5.11 Å². The molecule has 0 saturated carbocycles. The average Bonchev–Trinajstić information content (AvgIpc) is 2.27. The summed E-state index contributed by atoms with van der Waals surface area (Å²) in [5, 5.41) is 21.6. The number of fused-ring (bicyclic) bond motifs is 1. The van der Waals surface area contributed by atoms with Gasteiger partial charge in [0, 0.05) is 17.4 Å². The maximum atomic E-state index is 11.0. The Bertz CT molecular complexity index is 603. The fraction of sp³-hybridized carbons (Fsp3) is 0.308. The van der Waals surface area contributed by atoms with Crippen LogP contribution in [0.15, 0.2) is 30.5 Å². The third-order valence-electron chi connectivity index (χ3n) is 2.67. The van der Waals surface area contributed by atoms with Gasteiger partial charge in [-0.15, -0.1) is 0 Å². The minimum absolute atomic E-state index is 0.0455. The van der Waals surface area contributed by atoms with Gasteiger partial charge in [-0.05, 0) is 19.9 Å². The van der Waals surface area contributed by atoms with Gasteiger partial charge in [-0.3, -0.25) is 10.1 Å². The van der Waals surface area contributed by atoms with Crippen molar-refractivity contribution in [3.05, 3.63) is 46.1 Å². The molecular weight excluding hydrogens is 232 g/mol. The summed E-state index contributed by atoms with van der Waals surface area (Å²) in [7, 11) is 0. The van der Waals surface area contributed by atoms with Crippen molar-refractivity contribution >= 4 is 16.6 Å². The van der Waals surface area contributed by atoms with E-state index in [9.17, 15) is 15.2 Å². The number of aliphatic hydroxyl groups is 1. The maximum absolute atomic E-state index is 11.0. The molecule has 2 rings (SSSR count). The third-order valence-corrected chi connectivity index (χ3v) is 2.67. The van der Waals surface area contributed by atoms with Gasteiger partial charge in [0.05, 0.1) is 16.0 Å². The van der Waals surface area contributed by atoms with E-state index in [2.05, 4.69) is 4.98 Å². The highest BCUT2D eigenvalue weighted by molar-refractivity contribution is 5.85. The van der Waals surface area contributed by atoms with Crippen molar-refractivity contribution in [1.29, 1.82) is 0 Å². The summed E-state index contributed by atoms with van der Waals surface area (Å²) < 4.78 is 0. The Labute approximate surface area is 104 Å². The van der Waals surface area contributed by atoms with Gasteiger partial charge in [-0.25, -0.2) is 4.98 Å². The average molecular weight is 246 g/mol. The minimum atomic E-state index is -1.01. The highest BCUT2D eigenvalue weighted by Gasteiger charge is 2.23. The summed E-state index contributed by atoms with van der Waals surface area (Å²) in [6, 6.07) is 7.22. The first-order chi connectivity index (χ1) is 8.38. The quantitative estimate of drug-likeness (QED) is 0.666. The van der Waals surface area contributed by atoms with Crippen molar-refractivity contribution in [2.45, 2.75) is 25.9 Å². The zero-order chi connectivity index (χ0) is 13.3. The van der Waals surface area contributed by atoms with E-state index in [0.717, 1.165) is 0 Å². The molecule has 0 bridgehead atoms. The predicted molar refractivity (Wildman–Crippen MR) is 68.4 cm³/mol. The zero-order valence-electron chi connectivity index (χ0n) is 10.3. The van der Waals surface area contributed by atoms with Gasteiger partial charge >= 0.3 is 0 Å². The molecule has 1 aromatic heterocycles. The molecule has 94 valence electrons. The topological polar surface area (TPSA) is 76.3 Å². The van der Waals surface area contributed by atoms with E-state index in [4.69, 9.17) is 0 Å². The zero-order valence-corrected chi connectivity index (χ0v) is 10.3. The van der Waals surface area contributed by atoms with E-state index in [1.165, 1.54) is 6.20 Å². The Morgan fingerprint density at radius 3 is 2.67 bits per heavy atom. The molecule has 5 heteroatoms. The van der Waals surface area contributed by atoms with Gasteiger partial charge in [0.25, 0.3) is 5.69 Å². The van der Waals surface area contributed by atoms with E-state index in [1.54, 1.807) is 26.0 Å². The fourth-order valence-corrected chi connectivity index (χ4v) is 1.96. The summed E-state index contributed by atoms with van der Waals surface area (Å²) in [5.74, 6) is 0. The van der Waals surface area contributed by atoms with Crippen LogP contribution in [0.5, 0.6) is 0 Å². The predicted octanol–water partition coefficient (Wildman–Crippen LogP) is 2.46. The van der Waals surface area contributed by atoms with Gasteiger partial charge in [-0.1, -0.05) is 18.2 Å². The van der Waals surface area contributed by atoms with Crippen molar-refractivity contribution in [1.82, 2.24) is 4.98 Å². The molecule has 0 spiro atoms. The SMILES string of the molecule is CC(C)(O)Cc1c([N+](=O)[O-])cnc2ccccc12. The first-order valence-electron chi connectivity index (χ1n) is 5.62. The number of aromatic nitrogens is 1.